The molecule has 17 nitrogen and oxygen atoms in total. The van der Waals surface area contributed by atoms with Gasteiger partial charge in [0.05, 0.1) is 31.0 Å². The summed E-state index contributed by atoms with van der Waals surface area (Å²) in [5, 5.41) is 25.5. The van der Waals surface area contributed by atoms with Crippen LogP contribution >= 0.6 is 0 Å². The molecule has 0 saturated heterocycles. The van der Waals surface area contributed by atoms with Gasteiger partial charge >= 0.3 is 6.03 Å². The monoisotopic (exact) mass is 842 g/mol. The second-order valence-electron chi connectivity index (χ2n) is 12.5. The number of carbonyl (C=O) groups is 1. The number of amides is 2. The van der Waals surface area contributed by atoms with Gasteiger partial charge in [-0.25, -0.2) is 21.6 Å². The van der Waals surface area contributed by atoms with Crippen LogP contribution in [0, 0.1) is 13.8 Å². The second-order valence-corrected chi connectivity index (χ2v) is 18.6. The van der Waals surface area contributed by atoms with Crippen molar-refractivity contribution in [3.63, 3.8) is 0 Å². The van der Waals surface area contributed by atoms with Crippen molar-refractivity contribution in [3.8, 4) is 11.5 Å². The van der Waals surface area contributed by atoms with Gasteiger partial charge in [0, 0.05) is 22.1 Å². The van der Waals surface area contributed by atoms with Crippen LogP contribution in [0.15, 0.2) is 117 Å². The molecule has 0 aliphatic heterocycles. The van der Waals surface area contributed by atoms with E-state index in [1.54, 1.807) is 0 Å². The third-order valence-corrected chi connectivity index (χ3v) is 13.1. The standard InChI is InChI=1S/C35H30N4O13S4/c1-19-3-7-23(13-33(19)53(43,44)38-31-17-27(55(47,48)49)11-21-5-9-25(40)15-29(21)31)36-35(42)37-24-8-4-20(2)34(14-24)54(45,46)39-32-18-28(56(50,51)52)12-22-6-10-26(41)16-30(22)32/h3-18,38-41H,1-2H3,(H2,36,37,42)(H,47,48,49)(H,50,51,52). The van der Waals surface area contributed by atoms with Crippen LogP contribution in [0.4, 0.5) is 27.5 Å². The molecule has 0 heterocycles. The van der Waals surface area contributed by atoms with Gasteiger partial charge in [-0.05, 0) is 109 Å². The summed E-state index contributed by atoms with van der Waals surface area (Å²) in [4.78, 5) is 11.2. The highest BCUT2D eigenvalue weighted by atomic mass is 32.2. The quantitative estimate of drug-likeness (QED) is 0.0763. The highest BCUT2D eigenvalue weighted by Crippen LogP contribution is 2.35. The first-order chi connectivity index (χ1) is 26.0. The number of benzene rings is 6. The summed E-state index contributed by atoms with van der Waals surface area (Å²) in [5.41, 5.74) is -0.186. The minimum atomic E-state index is -4.77. The summed E-state index contributed by atoms with van der Waals surface area (Å²) in [6, 6.07) is 18.3. The van der Waals surface area contributed by atoms with E-state index in [9.17, 15) is 57.8 Å². The van der Waals surface area contributed by atoms with Crippen molar-refractivity contribution < 1.29 is 57.8 Å². The number of anilines is 4. The number of phenolic OH excluding ortho intramolecular Hbond substituents is 2. The second kappa shape index (κ2) is 14.3. The van der Waals surface area contributed by atoms with Crippen LogP contribution in [0.25, 0.3) is 21.5 Å². The van der Waals surface area contributed by atoms with Gasteiger partial charge in [0.2, 0.25) is 0 Å². The molecule has 0 spiro atoms. The van der Waals surface area contributed by atoms with E-state index in [2.05, 4.69) is 20.1 Å². The fraction of sp³-hybridized carbons (Fsp3) is 0.0571. The van der Waals surface area contributed by atoms with E-state index in [4.69, 9.17) is 0 Å². The zero-order valence-corrected chi connectivity index (χ0v) is 32.1. The summed E-state index contributed by atoms with van der Waals surface area (Å²) in [5.74, 6) is -0.499. The SMILES string of the molecule is Cc1ccc(NC(=O)Nc2ccc(C)c(S(=O)(=O)Nc3cc(S(=O)(=O)O)cc4ccc(O)cc34)c2)cc1S(=O)(=O)Nc1cc(S(=O)(=O)O)cc2ccc(O)cc12. The molecule has 0 bridgehead atoms. The number of sulfonamides is 2. The Morgan fingerprint density at radius 1 is 0.500 bits per heavy atom. The smallest absolute Gasteiger partial charge is 0.323 e. The van der Waals surface area contributed by atoms with Crippen molar-refractivity contribution in [3.05, 3.63) is 108 Å². The molecule has 0 aliphatic carbocycles. The van der Waals surface area contributed by atoms with E-state index < -0.39 is 56.1 Å². The third-order valence-electron chi connectivity index (χ3n) is 8.38. The Labute approximate surface area is 320 Å². The summed E-state index contributed by atoms with van der Waals surface area (Å²) in [6.07, 6.45) is 0. The molecule has 0 saturated carbocycles. The van der Waals surface area contributed by atoms with Crippen molar-refractivity contribution in [2.45, 2.75) is 33.4 Å². The average molecular weight is 843 g/mol. The molecule has 6 rings (SSSR count). The van der Waals surface area contributed by atoms with Crippen LogP contribution in [0.3, 0.4) is 0 Å². The van der Waals surface area contributed by atoms with Crippen LogP contribution in [-0.2, 0) is 40.3 Å². The lowest BCUT2D eigenvalue weighted by molar-refractivity contribution is 0.262. The topological polar surface area (TPSA) is 283 Å². The molecular weight excluding hydrogens is 813 g/mol. The molecular formula is C35H30N4O13S4. The third kappa shape index (κ3) is 8.46. The molecule has 6 aromatic rings. The van der Waals surface area contributed by atoms with E-state index in [1.807, 2.05) is 0 Å². The zero-order valence-electron chi connectivity index (χ0n) is 28.8. The number of carbonyl (C=O) groups excluding carboxylic acids is 1. The van der Waals surface area contributed by atoms with E-state index in [-0.39, 0.29) is 76.7 Å². The Kier molecular flexibility index (Phi) is 10.1. The first-order valence-corrected chi connectivity index (χ1v) is 21.7. The Hall–Kier alpha value is -5.97. The molecule has 56 heavy (non-hydrogen) atoms. The van der Waals surface area contributed by atoms with E-state index in [1.165, 1.54) is 74.5 Å². The number of rotatable bonds is 10. The minimum absolute atomic E-state index is 0.0295. The van der Waals surface area contributed by atoms with Crippen LogP contribution in [0.5, 0.6) is 11.5 Å². The Bertz CT molecular complexity index is 2880. The lowest BCUT2D eigenvalue weighted by Gasteiger charge is -2.16. The molecule has 0 fully saturated rings. The van der Waals surface area contributed by atoms with E-state index in [0.29, 0.717) is 0 Å². The maximum Gasteiger partial charge on any atom is 0.323 e. The predicted molar refractivity (Wildman–Crippen MR) is 207 cm³/mol. The van der Waals surface area contributed by atoms with Crippen LogP contribution in [-0.4, -0.2) is 59.0 Å². The van der Waals surface area contributed by atoms with Gasteiger partial charge < -0.3 is 20.8 Å². The van der Waals surface area contributed by atoms with Crippen molar-refractivity contribution in [1.82, 2.24) is 0 Å². The molecule has 0 radical (unpaired) electrons. The lowest BCUT2D eigenvalue weighted by Crippen LogP contribution is -2.21. The number of nitrogens with one attached hydrogen (secondary N) is 4. The van der Waals surface area contributed by atoms with Gasteiger partial charge in [-0.1, -0.05) is 24.3 Å². The molecule has 292 valence electrons. The Balaban J connectivity index is 1.25. The summed E-state index contributed by atoms with van der Waals surface area (Å²) in [6.45, 7) is 2.92. The zero-order chi connectivity index (χ0) is 41.0. The highest BCUT2D eigenvalue weighted by molar-refractivity contribution is 7.93. The van der Waals surface area contributed by atoms with Gasteiger partial charge in [0.1, 0.15) is 11.5 Å². The van der Waals surface area contributed by atoms with Crippen LogP contribution in [0.2, 0.25) is 0 Å². The summed E-state index contributed by atoms with van der Waals surface area (Å²) in [7, 11) is -18.6. The van der Waals surface area contributed by atoms with Crippen molar-refractivity contribution in [2.75, 3.05) is 20.1 Å². The fourth-order valence-corrected chi connectivity index (χ4v) is 9.50. The van der Waals surface area contributed by atoms with Gasteiger partial charge in [-0.3, -0.25) is 18.5 Å². The van der Waals surface area contributed by atoms with Crippen molar-refractivity contribution in [1.29, 1.82) is 0 Å². The van der Waals surface area contributed by atoms with Crippen molar-refractivity contribution in [2.24, 2.45) is 0 Å². The van der Waals surface area contributed by atoms with Gasteiger partial charge in [-0.2, -0.15) is 16.8 Å². The number of aryl methyl sites for hydroxylation is 2. The molecule has 0 atom stereocenters. The van der Waals surface area contributed by atoms with E-state index >= 15 is 0 Å². The van der Waals surface area contributed by atoms with Crippen molar-refractivity contribution >= 4 is 90.6 Å². The average Bonchev–Trinajstić information content (AvgIpc) is 3.09. The van der Waals surface area contributed by atoms with Gasteiger partial charge in [-0.15, -0.1) is 0 Å². The van der Waals surface area contributed by atoms with E-state index in [0.717, 1.165) is 36.4 Å². The highest BCUT2D eigenvalue weighted by Gasteiger charge is 2.24. The number of hydrogen-bond acceptors (Lipinski definition) is 11. The summed E-state index contributed by atoms with van der Waals surface area (Å²) < 4.78 is 126. The maximum absolute atomic E-state index is 13.7. The Morgan fingerprint density at radius 3 is 1.23 bits per heavy atom. The van der Waals surface area contributed by atoms with Crippen LogP contribution in [0.1, 0.15) is 11.1 Å². The number of phenols is 2. The maximum atomic E-state index is 13.7. The predicted octanol–water partition coefficient (Wildman–Crippen LogP) is 5.76. The van der Waals surface area contributed by atoms with Crippen LogP contribution < -0.4 is 20.1 Å². The minimum Gasteiger partial charge on any atom is -0.508 e. The number of hydrogen-bond donors (Lipinski definition) is 8. The lowest BCUT2D eigenvalue weighted by atomic mass is 10.1. The molecule has 0 unspecified atom stereocenters. The molecule has 0 aliphatic rings. The summed E-state index contributed by atoms with van der Waals surface area (Å²) >= 11 is 0. The Morgan fingerprint density at radius 2 is 0.875 bits per heavy atom. The largest absolute Gasteiger partial charge is 0.508 e. The molecule has 21 heteroatoms. The van der Waals surface area contributed by atoms with Gasteiger partial charge in [0.25, 0.3) is 40.3 Å². The number of urea groups is 1. The molecule has 2 amide bonds. The first-order valence-electron chi connectivity index (χ1n) is 15.8. The first kappa shape index (κ1) is 39.7. The number of fused-ring (bicyclic) bond motifs is 2. The fourth-order valence-electron chi connectivity index (χ4n) is 5.73. The molecule has 0 aromatic heterocycles. The molecule has 8 N–H and O–H groups in total. The number of aromatic hydroxyl groups is 2. The molecule has 6 aromatic carbocycles. The normalized spacial score (nSPS) is 12.4. The van der Waals surface area contributed by atoms with Gasteiger partial charge in [0.15, 0.2) is 0 Å².